The molecule has 176 valence electrons. The predicted octanol–water partition coefficient (Wildman–Crippen LogP) is 3.96. The highest BCUT2D eigenvalue weighted by Gasteiger charge is 2.31. The van der Waals surface area contributed by atoms with E-state index in [9.17, 15) is 22.8 Å². The number of pyridine rings is 1. The van der Waals surface area contributed by atoms with Gasteiger partial charge in [-0.05, 0) is 29.8 Å². The molecule has 0 radical (unpaired) electrons. The summed E-state index contributed by atoms with van der Waals surface area (Å²) in [6.45, 7) is 1.40. The molecular formula is C22H18F3N5O3S. The molecule has 0 spiro atoms. The van der Waals surface area contributed by atoms with Gasteiger partial charge in [0.05, 0.1) is 6.42 Å². The van der Waals surface area contributed by atoms with E-state index in [0.717, 1.165) is 17.1 Å². The summed E-state index contributed by atoms with van der Waals surface area (Å²) in [5.41, 5.74) is 1.01. The fourth-order valence-electron chi connectivity index (χ4n) is 2.66. The Kier molecular flexibility index (Phi) is 8.15. The molecule has 1 aromatic carbocycles. The second-order valence-electron chi connectivity index (χ2n) is 6.84. The number of rotatable bonds is 7. The summed E-state index contributed by atoms with van der Waals surface area (Å²) in [5.74, 6) is 5.20. The average Bonchev–Trinajstić information content (AvgIpc) is 3.18. The zero-order chi connectivity index (χ0) is 24.6. The van der Waals surface area contributed by atoms with Gasteiger partial charge in [-0.15, -0.1) is 23.4 Å². The van der Waals surface area contributed by atoms with Crippen LogP contribution in [0.4, 0.5) is 24.1 Å². The molecule has 0 bridgehead atoms. The maximum atomic E-state index is 12.3. The Balaban J connectivity index is 1.47. The highest BCUT2D eigenvalue weighted by Crippen LogP contribution is 2.23. The molecule has 0 unspecified atom stereocenters. The Morgan fingerprint density at radius 3 is 2.68 bits per heavy atom. The number of hydrogen-bond donors (Lipinski definition) is 2. The molecule has 0 aliphatic rings. The summed E-state index contributed by atoms with van der Waals surface area (Å²) in [6.07, 6.45) is -2.33. The number of aryl methyl sites for hydroxylation is 1. The van der Waals surface area contributed by atoms with Crippen LogP contribution < -0.4 is 15.4 Å². The standard InChI is InChI=1S/C22H18F3N5O3S/c1-14(31)27-21-30-29-20(34-21)8-3-2-5-15-9-10-18(26-13-15)28-19(32)12-16-6-4-7-17(11-16)33-22(23,24)25/h4,6-7,9-11,13H,3,8,12H2,1H3,(H,26,28,32)(H,27,30,31). The summed E-state index contributed by atoms with van der Waals surface area (Å²) in [6, 6.07) is 8.48. The van der Waals surface area contributed by atoms with Gasteiger partial charge in [-0.1, -0.05) is 35.3 Å². The van der Waals surface area contributed by atoms with Gasteiger partial charge in [-0.3, -0.25) is 9.59 Å². The Morgan fingerprint density at radius 2 is 1.97 bits per heavy atom. The van der Waals surface area contributed by atoms with Gasteiger partial charge < -0.3 is 15.4 Å². The number of anilines is 2. The normalized spacial score (nSPS) is 10.7. The Hall–Kier alpha value is -3.98. The van der Waals surface area contributed by atoms with Crippen molar-refractivity contribution in [3.05, 3.63) is 58.7 Å². The van der Waals surface area contributed by atoms with Crippen molar-refractivity contribution in [3.8, 4) is 17.6 Å². The van der Waals surface area contributed by atoms with Gasteiger partial charge in [0.15, 0.2) is 0 Å². The predicted molar refractivity (Wildman–Crippen MR) is 119 cm³/mol. The number of ether oxygens (including phenoxy) is 1. The van der Waals surface area contributed by atoms with Crippen molar-refractivity contribution in [2.75, 3.05) is 10.6 Å². The highest BCUT2D eigenvalue weighted by molar-refractivity contribution is 7.15. The third-order valence-corrected chi connectivity index (χ3v) is 4.87. The molecule has 2 aromatic heterocycles. The van der Waals surface area contributed by atoms with Gasteiger partial charge >= 0.3 is 6.36 Å². The number of amides is 2. The van der Waals surface area contributed by atoms with Crippen molar-refractivity contribution in [1.29, 1.82) is 0 Å². The molecule has 2 amide bonds. The van der Waals surface area contributed by atoms with Crippen LogP contribution in [-0.2, 0) is 22.4 Å². The molecule has 3 aromatic rings. The number of benzene rings is 1. The lowest BCUT2D eigenvalue weighted by Gasteiger charge is -2.10. The first-order chi connectivity index (χ1) is 16.2. The summed E-state index contributed by atoms with van der Waals surface area (Å²) in [4.78, 5) is 27.3. The van der Waals surface area contributed by atoms with Crippen LogP contribution in [0.2, 0.25) is 0 Å². The number of nitrogens with one attached hydrogen (secondary N) is 2. The van der Waals surface area contributed by atoms with Crippen LogP contribution in [-0.4, -0.2) is 33.4 Å². The van der Waals surface area contributed by atoms with Crippen LogP contribution in [0.5, 0.6) is 5.75 Å². The number of alkyl halides is 3. The third-order valence-electron chi connectivity index (χ3n) is 3.97. The smallest absolute Gasteiger partial charge is 0.406 e. The quantitative estimate of drug-likeness (QED) is 0.487. The zero-order valence-electron chi connectivity index (χ0n) is 17.8. The number of halogens is 3. The fraction of sp³-hybridized carbons (Fsp3) is 0.227. The first-order valence-corrected chi connectivity index (χ1v) is 10.7. The van der Waals surface area contributed by atoms with Crippen LogP contribution in [0.15, 0.2) is 42.6 Å². The molecule has 0 saturated heterocycles. The van der Waals surface area contributed by atoms with Gasteiger partial charge in [-0.2, -0.15) is 0 Å². The van der Waals surface area contributed by atoms with E-state index in [4.69, 9.17) is 0 Å². The minimum absolute atomic E-state index is 0.145. The molecule has 0 saturated carbocycles. The van der Waals surface area contributed by atoms with E-state index in [1.165, 1.54) is 36.6 Å². The Bertz CT molecular complexity index is 1220. The lowest BCUT2D eigenvalue weighted by Crippen LogP contribution is -2.18. The first kappa shape index (κ1) is 24.7. The second-order valence-corrected chi connectivity index (χ2v) is 7.90. The lowest BCUT2D eigenvalue weighted by atomic mass is 10.1. The van der Waals surface area contributed by atoms with E-state index in [2.05, 4.69) is 42.4 Å². The topological polar surface area (TPSA) is 106 Å². The van der Waals surface area contributed by atoms with Crippen molar-refractivity contribution in [2.45, 2.75) is 32.5 Å². The largest absolute Gasteiger partial charge is 0.573 e. The molecule has 12 heteroatoms. The fourth-order valence-corrected chi connectivity index (χ4v) is 3.44. The summed E-state index contributed by atoms with van der Waals surface area (Å²) in [5, 5.41) is 14.2. The molecule has 2 N–H and O–H groups in total. The van der Waals surface area contributed by atoms with E-state index in [-0.39, 0.29) is 18.1 Å². The number of carbonyl (C=O) groups is 2. The monoisotopic (exact) mass is 489 g/mol. The van der Waals surface area contributed by atoms with Crippen molar-refractivity contribution < 1.29 is 27.5 Å². The molecular weight excluding hydrogens is 471 g/mol. The number of hydrogen-bond acceptors (Lipinski definition) is 7. The molecule has 0 aliphatic heterocycles. The van der Waals surface area contributed by atoms with Gasteiger partial charge in [0.2, 0.25) is 16.9 Å². The lowest BCUT2D eigenvalue weighted by molar-refractivity contribution is -0.274. The van der Waals surface area contributed by atoms with Crippen molar-refractivity contribution in [3.63, 3.8) is 0 Å². The summed E-state index contributed by atoms with van der Waals surface area (Å²) < 4.78 is 40.9. The van der Waals surface area contributed by atoms with Crippen molar-refractivity contribution in [2.24, 2.45) is 0 Å². The van der Waals surface area contributed by atoms with Crippen LogP contribution in [0.25, 0.3) is 0 Å². The number of nitrogens with zero attached hydrogens (tertiary/aromatic N) is 3. The number of carbonyl (C=O) groups excluding carboxylic acids is 2. The molecule has 8 nitrogen and oxygen atoms in total. The van der Waals surface area contributed by atoms with Crippen LogP contribution in [0, 0.1) is 11.8 Å². The summed E-state index contributed by atoms with van der Waals surface area (Å²) >= 11 is 1.29. The number of aromatic nitrogens is 3. The minimum Gasteiger partial charge on any atom is -0.406 e. The average molecular weight is 489 g/mol. The zero-order valence-corrected chi connectivity index (χ0v) is 18.6. The van der Waals surface area contributed by atoms with E-state index in [0.29, 0.717) is 29.1 Å². The van der Waals surface area contributed by atoms with E-state index in [1.807, 2.05) is 0 Å². The van der Waals surface area contributed by atoms with Crippen LogP contribution >= 0.6 is 11.3 Å². The molecule has 34 heavy (non-hydrogen) atoms. The highest BCUT2D eigenvalue weighted by atomic mass is 32.1. The maximum absolute atomic E-state index is 12.3. The van der Waals surface area contributed by atoms with E-state index >= 15 is 0 Å². The minimum atomic E-state index is -4.80. The van der Waals surface area contributed by atoms with E-state index in [1.54, 1.807) is 12.1 Å². The second kappa shape index (κ2) is 11.2. The molecule has 3 rings (SSSR count). The van der Waals surface area contributed by atoms with Gasteiger partial charge in [0.1, 0.15) is 16.6 Å². The van der Waals surface area contributed by atoms with Crippen molar-refractivity contribution in [1.82, 2.24) is 15.2 Å². The third kappa shape index (κ3) is 8.51. The van der Waals surface area contributed by atoms with E-state index < -0.39 is 18.0 Å². The molecule has 0 fully saturated rings. The Labute approximate surface area is 196 Å². The van der Waals surface area contributed by atoms with Gasteiger partial charge in [0.25, 0.3) is 0 Å². The summed E-state index contributed by atoms with van der Waals surface area (Å²) in [7, 11) is 0. The van der Waals surface area contributed by atoms with Crippen molar-refractivity contribution >= 4 is 34.1 Å². The van der Waals surface area contributed by atoms with Gasteiger partial charge in [-0.25, -0.2) is 4.98 Å². The SMILES string of the molecule is CC(=O)Nc1nnc(CCC#Cc2ccc(NC(=O)Cc3cccc(OC(F)(F)F)c3)nc2)s1. The molecule has 2 heterocycles. The molecule has 0 aliphatic carbocycles. The van der Waals surface area contributed by atoms with Gasteiger partial charge in [0, 0.05) is 31.5 Å². The van der Waals surface area contributed by atoms with Crippen LogP contribution in [0.3, 0.4) is 0 Å². The molecule has 0 atom stereocenters. The Morgan fingerprint density at radius 1 is 1.15 bits per heavy atom. The first-order valence-electron chi connectivity index (χ1n) is 9.86. The van der Waals surface area contributed by atoms with Crippen LogP contribution in [0.1, 0.15) is 29.5 Å². The maximum Gasteiger partial charge on any atom is 0.573 e.